The first-order valence-corrected chi connectivity index (χ1v) is 12.0. The zero-order chi connectivity index (χ0) is 24.1. The van der Waals surface area contributed by atoms with Crippen molar-refractivity contribution < 1.29 is 14.2 Å². The monoisotopic (exact) mass is 485 g/mol. The van der Waals surface area contributed by atoms with Crippen LogP contribution in [0.5, 0.6) is 17.5 Å². The standard InChI is InChI=1S/C23H31N7O3S/c1-14(33-23-27-19(24)13-20(25)28-23)21-15(2)34-22(29-21)16-4-5-17(31-3)18(12-16)32-11-10-30-8-6-26-7-9-30/h4-5,12-14,26H,6-11H2,1-3H3,(H4,24,25,27,28)/t14-/m0/s1. The van der Waals surface area contributed by atoms with E-state index < -0.39 is 0 Å². The van der Waals surface area contributed by atoms with E-state index in [9.17, 15) is 0 Å². The first-order chi connectivity index (χ1) is 16.4. The smallest absolute Gasteiger partial charge is 0.320 e. The van der Waals surface area contributed by atoms with Gasteiger partial charge in [0, 0.05) is 49.2 Å². The Hall–Kier alpha value is -3.15. The molecule has 1 aliphatic rings. The van der Waals surface area contributed by atoms with E-state index in [1.54, 1.807) is 18.4 Å². The summed E-state index contributed by atoms with van der Waals surface area (Å²) in [5.41, 5.74) is 13.3. The third-order valence-corrected chi connectivity index (χ3v) is 6.57. The average Bonchev–Trinajstić information content (AvgIpc) is 3.21. The second-order valence-corrected chi connectivity index (χ2v) is 9.23. The minimum atomic E-state index is -0.376. The van der Waals surface area contributed by atoms with E-state index in [-0.39, 0.29) is 23.8 Å². The fourth-order valence-electron chi connectivity index (χ4n) is 3.78. The Morgan fingerprint density at radius 3 is 2.53 bits per heavy atom. The van der Waals surface area contributed by atoms with Gasteiger partial charge in [0.25, 0.3) is 0 Å². The van der Waals surface area contributed by atoms with Crippen molar-refractivity contribution in [1.29, 1.82) is 0 Å². The molecule has 0 bridgehead atoms. The lowest BCUT2D eigenvalue weighted by atomic mass is 10.2. The highest BCUT2D eigenvalue weighted by molar-refractivity contribution is 7.15. The van der Waals surface area contributed by atoms with Crippen molar-refractivity contribution in [3.63, 3.8) is 0 Å². The van der Waals surface area contributed by atoms with Gasteiger partial charge < -0.3 is 31.0 Å². The number of nitrogens with zero attached hydrogens (tertiary/aromatic N) is 4. The summed E-state index contributed by atoms with van der Waals surface area (Å²) in [6.07, 6.45) is -0.376. The van der Waals surface area contributed by atoms with Gasteiger partial charge in [-0.05, 0) is 32.0 Å². The van der Waals surface area contributed by atoms with Crippen molar-refractivity contribution in [2.24, 2.45) is 0 Å². The molecule has 1 atom stereocenters. The van der Waals surface area contributed by atoms with Crippen LogP contribution in [0.25, 0.3) is 10.6 Å². The highest BCUT2D eigenvalue weighted by atomic mass is 32.1. The molecule has 1 aliphatic heterocycles. The predicted octanol–water partition coefficient (Wildman–Crippen LogP) is 2.51. The molecule has 3 heterocycles. The third-order valence-electron chi connectivity index (χ3n) is 5.53. The van der Waals surface area contributed by atoms with Crippen LogP contribution in [-0.4, -0.2) is 66.3 Å². The number of nitrogens with one attached hydrogen (secondary N) is 1. The van der Waals surface area contributed by atoms with Gasteiger partial charge in [-0.3, -0.25) is 4.90 Å². The highest BCUT2D eigenvalue weighted by Crippen LogP contribution is 2.36. The van der Waals surface area contributed by atoms with Crippen LogP contribution in [0, 0.1) is 6.92 Å². The maximum atomic E-state index is 6.10. The van der Waals surface area contributed by atoms with Crippen LogP contribution in [0.3, 0.4) is 0 Å². The summed E-state index contributed by atoms with van der Waals surface area (Å²) in [6.45, 7) is 9.49. The second-order valence-electron chi connectivity index (χ2n) is 8.03. The summed E-state index contributed by atoms with van der Waals surface area (Å²) >= 11 is 1.59. The fourth-order valence-corrected chi connectivity index (χ4v) is 4.77. The first-order valence-electron chi connectivity index (χ1n) is 11.2. The van der Waals surface area contributed by atoms with Crippen molar-refractivity contribution >= 4 is 23.0 Å². The predicted molar refractivity (Wildman–Crippen MR) is 134 cm³/mol. The number of piperazine rings is 1. The average molecular weight is 486 g/mol. The van der Waals surface area contributed by atoms with Gasteiger partial charge in [0.1, 0.15) is 29.4 Å². The van der Waals surface area contributed by atoms with Gasteiger partial charge >= 0.3 is 6.01 Å². The number of hydrogen-bond donors (Lipinski definition) is 3. The summed E-state index contributed by atoms with van der Waals surface area (Å²) in [5.74, 6) is 1.92. The van der Waals surface area contributed by atoms with Gasteiger partial charge in [0.15, 0.2) is 11.5 Å². The van der Waals surface area contributed by atoms with E-state index in [4.69, 9.17) is 30.7 Å². The van der Waals surface area contributed by atoms with Gasteiger partial charge in [-0.25, -0.2) is 4.98 Å². The zero-order valence-corrected chi connectivity index (χ0v) is 20.5. The molecule has 0 saturated carbocycles. The van der Waals surface area contributed by atoms with Crippen LogP contribution >= 0.6 is 11.3 Å². The summed E-state index contributed by atoms with van der Waals surface area (Å²) < 4.78 is 17.5. The molecule has 0 unspecified atom stereocenters. The zero-order valence-electron chi connectivity index (χ0n) is 19.7. The molecule has 182 valence electrons. The summed E-state index contributed by atoms with van der Waals surface area (Å²) in [5, 5.41) is 4.23. The van der Waals surface area contributed by atoms with Gasteiger partial charge in [-0.2, -0.15) is 9.97 Å². The Morgan fingerprint density at radius 1 is 1.09 bits per heavy atom. The van der Waals surface area contributed by atoms with Crippen LogP contribution in [-0.2, 0) is 0 Å². The molecule has 0 aliphatic carbocycles. The fraction of sp³-hybridized carbons (Fsp3) is 0.435. The molecule has 1 fully saturated rings. The molecule has 10 nitrogen and oxygen atoms in total. The first kappa shape index (κ1) is 24.0. The van der Waals surface area contributed by atoms with Crippen LogP contribution in [0.1, 0.15) is 23.6 Å². The van der Waals surface area contributed by atoms with Crippen molar-refractivity contribution in [2.75, 3.05) is 57.9 Å². The third kappa shape index (κ3) is 5.85. The Balaban J connectivity index is 1.48. The van der Waals surface area contributed by atoms with E-state index >= 15 is 0 Å². The normalized spacial score (nSPS) is 15.1. The van der Waals surface area contributed by atoms with Gasteiger partial charge in [0.2, 0.25) is 0 Å². The number of anilines is 2. The summed E-state index contributed by atoms with van der Waals surface area (Å²) in [6, 6.07) is 7.48. The van der Waals surface area contributed by atoms with Gasteiger partial charge in [0.05, 0.1) is 12.8 Å². The topological polar surface area (TPSA) is 134 Å². The number of aromatic nitrogens is 3. The number of ether oxygens (including phenoxy) is 3. The van der Waals surface area contributed by atoms with Crippen LogP contribution in [0.4, 0.5) is 11.6 Å². The summed E-state index contributed by atoms with van der Waals surface area (Å²) in [7, 11) is 1.65. The molecular weight excluding hydrogens is 454 g/mol. The Kier molecular flexibility index (Phi) is 7.66. The minimum Gasteiger partial charge on any atom is -0.493 e. The van der Waals surface area contributed by atoms with E-state index in [1.807, 2.05) is 32.0 Å². The summed E-state index contributed by atoms with van der Waals surface area (Å²) in [4.78, 5) is 16.4. The van der Waals surface area contributed by atoms with Crippen LogP contribution in [0.2, 0.25) is 0 Å². The number of hydrogen-bond acceptors (Lipinski definition) is 11. The lowest BCUT2D eigenvalue weighted by Crippen LogP contribution is -2.44. The van der Waals surface area contributed by atoms with Crippen molar-refractivity contribution in [1.82, 2.24) is 25.2 Å². The minimum absolute atomic E-state index is 0.128. The maximum absolute atomic E-state index is 6.10. The Labute approximate surface area is 203 Å². The number of rotatable bonds is 9. The maximum Gasteiger partial charge on any atom is 0.320 e. The molecule has 5 N–H and O–H groups in total. The number of thiazole rings is 1. The van der Waals surface area contributed by atoms with Gasteiger partial charge in [-0.15, -0.1) is 11.3 Å². The van der Waals surface area contributed by atoms with E-state index in [1.165, 1.54) is 6.07 Å². The second kappa shape index (κ2) is 10.9. The number of benzene rings is 1. The molecule has 34 heavy (non-hydrogen) atoms. The molecule has 11 heteroatoms. The molecule has 1 aromatic carbocycles. The number of nitrogen functional groups attached to an aromatic ring is 2. The van der Waals surface area contributed by atoms with Crippen LogP contribution in [0.15, 0.2) is 24.3 Å². The van der Waals surface area contributed by atoms with Gasteiger partial charge in [-0.1, -0.05) is 0 Å². The number of nitrogens with two attached hydrogens (primary N) is 2. The van der Waals surface area contributed by atoms with Crippen molar-refractivity contribution in [3.8, 4) is 28.1 Å². The number of methoxy groups -OCH3 is 1. The van der Waals surface area contributed by atoms with Crippen molar-refractivity contribution in [3.05, 3.63) is 34.8 Å². The van der Waals surface area contributed by atoms with E-state index in [2.05, 4.69) is 20.2 Å². The van der Waals surface area contributed by atoms with E-state index in [0.29, 0.717) is 18.1 Å². The molecule has 0 amide bonds. The van der Waals surface area contributed by atoms with Crippen molar-refractivity contribution in [2.45, 2.75) is 20.0 Å². The largest absolute Gasteiger partial charge is 0.493 e. The Morgan fingerprint density at radius 2 is 1.82 bits per heavy atom. The lowest BCUT2D eigenvalue weighted by molar-refractivity contribution is 0.188. The molecule has 0 radical (unpaired) electrons. The quantitative estimate of drug-likeness (QED) is 0.415. The Bertz CT molecular complexity index is 1100. The molecule has 3 aromatic rings. The number of aryl methyl sites for hydroxylation is 1. The molecule has 2 aromatic heterocycles. The lowest BCUT2D eigenvalue weighted by Gasteiger charge is -2.27. The SMILES string of the molecule is COc1ccc(-c2nc([C@H](C)Oc3nc(N)cc(N)n3)c(C)s2)cc1OCCN1CCNCC1. The molecule has 0 spiro atoms. The highest BCUT2D eigenvalue weighted by Gasteiger charge is 2.19. The molecule has 4 rings (SSSR count). The molecule has 1 saturated heterocycles. The molecular formula is C23H31N7O3S. The van der Waals surface area contributed by atoms with E-state index in [0.717, 1.165) is 53.9 Å². The van der Waals surface area contributed by atoms with Crippen LogP contribution < -0.4 is 31.0 Å².